The molecule has 1 aromatic rings. The summed E-state index contributed by atoms with van der Waals surface area (Å²) in [5, 5.41) is 0. The number of benzene rings is 1. The molecule has 0 spiro atoms. The molecule has 0 aliphatic heterocycles. The van der Waals surface area contributed by atoms with Crippen LogP contribution in [0.5, 0.6) is 0 Å². The van der Waals surface area contributed by atoms with E-state index in [2.05, 4.69) is 0 Å². The quantitative estimate of drug-likeness (QED) is 0.616. The van der Waals surface area contributed by atoms with Crippen LogP contribution < -0.4 is 0 Å². The van der Waals surface area contributed by atoms with E-state index in [1.165, 1.54) is 0 Å². The standard InChI is InChI=1S/C7H9O3P.Ba.2H/c8-11(9,10)6-7-4-2-1-3-5-7;;;/h1-5H,6H2,(H2,8,9,10);;;. The number of hydrogen-bond donors (Lipinski definition) is 2. The van der Waals surface area contributed by atoms with E-state index >= 15 is 0 Å². The fourth-order valence-electron chi connectivity index (χ4n) is 0.821. The van der Waals surface area contributed by atoms with E-state index in [-0.39, 0.29) is 55.0 Å². The van der Waals surface area contributed by atoms with Crippen LogP contribution in [0, 0.1) is 0 Å². The van der Waals surface area contributed by atoms with Crippen LogP contribution in [0.1, 0.15) is 5.56 Å². The minimum absolute atomic E-state index is 0. The molecule has 0 amide bonds. The summed E-state index contributed by atoms with van der Waals surface area (Å²) in [6.07, 6.45) is -0.173. The second-order valence-corrected chi connectivity index (χ2v) is 3.95. The molecule has 0 aliphatic carbocycles. The van der Waals surface area contributed by atoms with E-state index in [9.17, 15) is 4.57 Å². The van der Waals surface area contributed by atoms with Gasteiger partial charge in [-0.1, -0.05) is 30.3 Å². The Morgan fingerprint density at radius 3 is 2.08 bits per heavy atom. The molecule has 0 saturated heterocycles. The summed E-state index contributed by atoms with van der Waals surface area (Å²) in [5.74, 6) is 0. The van der Waals surface area contributed by atoms with E-state index in [1.54, 1.807) is 24.3 Å². The summed E-state index contributed by atoms with van der Waals surface area (Å²) < 4.78 is 10.5. The van der Waals surface area contributed by atoms with Crippen molar-refractivity contribution in [2.45, 2.75) is 6.16 Å². The number of rotatable bonds is 2. The van der Waals surface area contributed by atoms with Crippen molar-refractivity contribution >= 4 is 56.5 Å². The third-order valence-electron chi connectivity index (χ3n) is 1.23. The third-order valence-corrected chi connectivity index (χ3v) is 2.01. The zero-order valence-corrected chi connectivity index (χ0v) is 6.74. The van der Waals surface area contributed by atoms with Crippen molar-refractivity contribution in [3.05, 3.63) is 35.9 Å². The normalized spacial score (nSPS) is 10.5. The van der Waals surface area contributed by atoms with Gasteiger partial charge >= 0.3 is 56.5 Å². The molecule has 2 N–H and O–H groups in total. The summed E-state index contributed by atoms with van der Waals surface area (Å²) in [4.78, 5) is 17.2. The summed E-state index contributed by atoms with van der Waals surface area (Å²) in [6.45, 7) is 0. The molecule has 0 radical (unpaired) electrons. The van der Waals surface area contributed by atoms with Crippen LogP contribution >= 0.6 is 7.60 Å². The van der Waals surface area contributed by atoms with Gasteiger partial charge in [0.05, 0.1) is 6.16 Å². The summed E-state index contributed by atoms with van der Waals surface area (Å²) in [5.41, 5.74) is 0.667. The minimum atomic E-state index is -3.89. The average molecular weight is 311 g/mol. The zero-order chi connectivity index (χ0) is 8.32. The maximum atomic E-state index is 10.5. The average Bonchev–Trinajstić information content (AvgIpc) is 1.85. The molecular weight excluding hydrogens is 300 g/mol. The molecule has 0 aliphatic rings. The van der Waals surface area contributed by atoms with Gasteiger partial charge in [0.1, 0.15) is 0 Å². The summed E-state index contributed by atoms with van der Waals surface area (Å²) >= 11 is 0. The Kier molecular flexibility index (Phi) is 6.07. The van der Waals surface area contributed by atoms with Crippen molar-refractivity contribution in [2.75, 3.05) is 0 Å². The van der Waals surface area contributed by atoms with Gasteiger partial charge in [0.15, 0.2) is 0 Å². The van der Waals surface area contributed by atoms with E-state index in [1.807, 2.05) is 6.07 Å². The van der Waals surface area contributed by atoms with Gasteiger partial charge in [0.2, 0.25) is 0 Å². The molecule has 5 heteroatoms. The zero-order valence-electron chi connectivity index (χ0n) is 5.84. The Hall–Kier alpha value is 0.941. The maximum absolute atomic E-state index is 10.5. The fourth-order valence-corrected chi connectivity index (χ4v) is 1.51. The summed E-state index contributed by atoms with van der Waals surface area (Å²) in [6, 6.07) is 8.71. The predicted octanol–water partition coefficient (Wildman–Crippen LogP) is 0.448. The number of hydrogen-bond acceptors (Lipinski definition) is 1. The first-order chi connectivity index (χ1) is 5.08. The van der Waals surface area contributed by atoms with Crippen molar-refractivity contribution in [3.63, 3.8) is 0 Å². The van der Waals surface area contributed by atoms with Gasteiger partial charge in [-0.3, -0.25) is 4.57 Å². The molecule has 0 unspecified atom stereocenters. The van der Waals surface area contributed by atoms with Gasteiger partial charge in [-0.05, 0) is 5.56 Å². The fraction of sp³-hybridized carbons (Fsp3) is 0.143. The molecule has 1 aromatic carbocycles. The first-order valence-electron chi connectivity index (χ1n) is 3.16. The monoisotopic (exact) mass is 312 g/mol. The molecule has 12 heavy (non-hydrogen) atoms. The Bertz CT molecular complexity index is 269. The van der Waals surface area contributed by atoms with Crippen molar-refractivity contribution in [1.82, 2.24) is 0 Å². The van der Waals surface area contributed by atoms with Crippen molar-refractivity contribution in [2.24, 2.45) is 0 Å². The van der Waals surface area contributed by atoms with Crippen molar-refractivity contribution < 1.29 is 14.4 Å². The Morgan fingerprint density at radius 2 is 1.67 bits per heavy atom. The molecule has 0 fully saturated rings. The second-order valence-electron chi connectivity index (χ2n) is 2.31. The Morgan fingerprint density at radius 1 is 1.17 bits per heavy atom. The summed E-state index contributed by atoms with van der Waals surface area (Å²) in [7, 11) is -3.89. The van der Waals surface area contributed by atoms with Crippen LogP contribution in [0.2, 0.25) is 0 Å². The third kappa shape index (κ3) is 5.56. The SMILES string of the molecule is O=P(O)(O)Cc1ccccc1.[BaH2]. The van der Waals surface area contributed by atoms with E-state index in [4.69, 9.17) is 9.79 Å². The van der Waals surface area contributed by atoms with Crippen LogP contribution in [-0.4, -0.2) is 58.7 Å². The Balaban J connectivity index is 0.00000121. The molecule has 0 saturated carbocycles. The van der Waals surface area contributed by atoms with Crippen LogP contribution in [-0.2, 0) is 10.7 Å². The topological polar surface area (TPSA) is 57.5 Å². The van der Waals surface area contributed by atoms with Gasteiger partial charge < -0.3 is 9.79 Å². The molecule has 0 aromatic heterocycles. The molecule has 0 atom stereocenters. The molecule has 0 heterocycles. The molecule has 1 rings (SSSR count). The van der Waals surface area contributed by atoms with Gasteiger partial charge in [0, 0.05) is 0 Å². The van der Waals surface area contributed by atoms with Gasteiger partial charge in [-0.2, -0.15) is 0 Å². The van der Waals surface area contributed by atoms with Crippen LogP contribution in [0.25, 0.3) is 0 Å². The van der Waals surface area contributed by atoms with Crippen molar-refractivity contribution in [3.8, 4) is 0 Å². The first-order valence-corrected chi connectivity index (χ1v) is 4.96. The van der Waals surface area contributed by atoms with Crippen LogP contribution in [0.3, 0.4) is 0 Å². The van der Waals surface area contributed by atoms with E-state index in [0.29, 0.717) is 5.56 Å². The van der Waals surface area contributed by atoms with Gasteiger partial charge in [-0.25, -0.2) is 0 Å². The molecule has 0 bridgehead atoms. The predicted molar refractivity (Wildman–Crippen MR) is 50.7 cm³/mol. The first kappa shape index (κ1) is 12.9. The van der Waals surface area contributed by atoms with Gasteiger partial charge in [-0.15, -0.1) is 0 Å². The molecule has 64 valence electrons. The van der Waals surface area contributed by atoms with Crippen molar-refractivity contribution in [1.29, 1.82) is 0 Å². The second kappa shape index (κ2) is 5.63. The van der Waals surface area contributed by atoms with E-state index in [0.717, 1.165) is 0 Å². The molecule has 3 nitrogen and oxygen atoms in total. The van der Waals surface area contributed by atoms with Gasteiger partial charge in [0.25, 0.3) is 0 Å². The van der Waals surface area contributed by atoms with Crippen LogP contribution in [0.15, 0.2) is 30.3 Å². The van der Waals surface area contributed by atoms with E-state index < -0.39 is 7.60 Å². The Labute approximate surface area is 111 Å². The molecular formula is C7H11BaO3P. The van der Waals surface area contributed by atoms with Crippen LogP contribution in [0.4, 0.5) is 0 Å².